The number of carbonyl (C=O) groups excluding carboxylic acids is 1. The molecule has 1 fully saturated rings. The van der Waals surface area contributed by atoms with Crippen LogP contribution in [0.5, 0.6) is 5.88 Å². The van der Waals surface area contributed by atoms with Crippen molar-refractivity contribution in [3.8, 4) is 5.88 Å². The second kappa shape index (κ2) is 7.35. The maximum absolute atomic E-state index is 13.0. The Morgan fingerprint density at radius 2 is 1.89 bits per heavy atom. The second-order valence-corrected chi connectivity index (χ2v) is 7.09. The molecule has 4 rings (SSSR count). The molecule has 0 saturated carbocycles. The Labute approximate surface area is 159 Å². The fourth-order valence-corrected chi connectivity index (χ4v) is 3.64. The highest BCUT2D eigenvalue weighted by Crippen LogP contribution is 2.21. The first-order chi connectivity index (χ1) is 13.1. The van der Waals surface area contributed by atoms with Crippen molar-refractivity contribution in [1.29, 1.82) is 0 Å². The van der Waals surface area contributed by atoms with Gasteiger partial charge in [-0.25, -0.2) is 4.98 Å². The maximum atomic E-state index is 13.0. The monoisotopic (exact) mass is 361 g/mol. The molecule has 1 atom stereocenters. The summed E-state index contributed by atoms with van der Waals surface area (Å²) in [5.41, 5.74) is 1.61. The zero-order valence-corrected chi connectivity index (χ0v) is 15.7. The van der Waals surface area contributed by atoms with Crippen LogP contribution in [-0.4, -0.2) is 40.0 Å². The smallest absolute Gasteiger partial charge is 0.254 e. The van der Waals surface area contributed by atoms with E-state index < -0.39 is 0 Å². The lowest BCUT2D eigenvalue weighted by Gasteiger charge is -2.32. The molecule has 1 unspecified atom stereocenters. The quantitative estimate of drug-likeness (QED) is 0.709. The zero-order valence-electron chi connectivity index (χ0n) is 15.7. The molecule has 0 N–H and O–H groups in total. The number of piperidine rings is 1. The van der Waals surface area contributed by atoms with Crippen LogP contribution in [-0.2, 0) is 0 Å². The van der Waals surface area contributed by atoms with Crippen LogP contribution in [0.2, 0.25) is 0 Å². The van der Waals surface area contributed by atoms with E-state index in [-0.39, 0.29) is 12.0 Å². The van der Waals surface area contributed by atoms with Crippen molar-refractivity contribution >= 4 is 16.7 Å². The normalized spacial score (nSPS) is 17.1. The van der Waals surface area contributed by atoms with Crippen LogP contribution in [0.25, 0.3) is 10.8 Å². The van der Waals surface area contributed by atoms with Crippen LogP contribution in [0.15, 0.2) is 48.5 Å². The molecule has 0 aliphatic carbocycles. The van der Waals surface area contributed by atoms with Crippen molar-refractivity contribution in [2.75, 3.05) is 13.1 Å². The van der Waals surface area contributed by atoms with Crippen molar-refractivity contribution in [3.63, 3.8) is 0 Å². The van der Waals surface area contributed by atoms with Gasteiger partial charge in [-0.3, -0.25) is 4.79 Å². The lowest BCUT2D eigenvalue weighted by atomic mass is 10.0. The van der Waals surface area contributed by atoms with Crippen molar-refractivity contribution < 1.29 is 9.53 Å². The van der Waals surface area contributed by atoms with E-state index >= 15 is 0 Å². The first kappa shape index (κ1) is 17.5. The maximum Gasteiger partial charge on any atom is 0.254 e. The third kappa shape index (κ3) is 3.92. The van der Waals surface area contributed by atoms with Crippen LogP contribution in [0.4, 0.5) is 0 Å². The fraction of sp³-hybridized carbons (Fsp3) is 0.318. The first-order valence-corrected chi connectivity index (χ1v) is 9.35. The minimum atomic E-state index is -0.0446. The fourth-order valence-electron chi connectivity index (χ4n) is 3.64. The van der Waals surface area contributed by atoms with Crippen molar-refractivity contribution in [2.24, 2.45) is 0 Å². The van der Waals surface area contributed by atoms with E-state index in [1.807, 2.05) is 61.2 Å². The number of amides is 1. The summed E-state index contributed by atoms with van der Waals surface area (Å²) in [5, 5.41) is 2.23. The number of carbonyl (C=O) groups is 1. The number of rotatable bonds is 3. The lowest BCUT2D eigenvalue weighted by Crippen LogP contribution is -2.44. The van der Waals surface area contributed by atoms with Gasteiger partial charge in [0.1, 0.15) is 11.9 Å². The highest BCUT2D eigenvalue weighted by Gasteiger charge is 2.26. The van der Waals surface area contributed by atoms with Crippen LogP contribution >= 0.6 is 0 Å². The molecular formula is C22H23N3O2. The Kier molecular flexibility index (Phi) is 4.75. The number of nitrogens with zero attached hydrogens (tertiary/aromatic N) is 3. The summed E-state index contributed by atoms with van der Waals surface area (Å²) in [6, 6.07) is 15.8. The molecule has 5 heteroatoms. The van der Waals surface area contributed by atoms with Gasteiger partial charge in [0, 0.05) is 23.9 Å². The van der Waals surface area contributed by atoms with E-state index in [0.717, 1.165) is 41.4 Å². The Balaban J connectivity index is 1.48. The number of benzene rings is 2. The van der Waals surface area contributed by atoms with E-state index in [0.29, 0.717) is 18.2 Å². The average molecular weight is 361 g/mol. The molecule has 138 valence electrons. The van der Waals surface area contributed by atoms with Crippen molar-refractivity contribution in [3.05, 3.63) is 65.6 Å². The van der Waals surface area contributed by atoms with E-state index in [1.165, 1.54) is 0 Å². The van der Waals surface area contributed by atoms with Crippen LogP contribution in [0, 0.1) is 13.8 Å². The van der Waals surface area contributed by atoms with Gasteiger partial charge < -0.3 is 9.64 Å². The van der Waals surface area contributed by atoms with Crippen LogP contribution in [0.1, 0.15) is 34.7 Å². The van der Waals surface area contributed by atoms with Gasteiger partial charge in [0.05, 0.1) is 6.54 Å². The molecule has 1 aliphatic rings. The number of hydrogen-bond acceptors (Lipinski definition) is 4. The molecule has 5 nitrogen and oxygen atoms in total. The molecule has 0 radical (unpaired) electrons. The Bertz CT molecular complexity index is 966. The number of aryl methyl sites for hydroxylation is 2. The van der Waals surface area contributed by atoms with Gasteiger partial charge in [0.25, 0.3) is 5.91 Å². The molecule has 1 amide bonds. The minimum absolute atomic E-state index is 0.0446. The molecule has 0 bridgehead atoms. The summed E-state index contributed by atoms with van der Waals surface area (Å²) in [7, 11) is 0. The summed E-state index contributed by atoms with van der Waals surface area (Å²) in [6.07, 6.45) is 1.80. The molecular weight excluding hydrogens is 338 g/mol. The molecule has 2 aromatic carbocycles. The number of fused-ring (bicyclic) bond motifs is 1. The highest BCUT2D eigenvalue weighted by atomic mass is 16.5. The third-order valence-electron chi connectivity index (χ3n) is 4.89. The number of aromatic nitrogens is 2. The van der Waals surface area contributed by atoms with E-state index in [1.54, 1.807) is 0 Å². The summed E-state index contributed by atoms with van der Waals surface area (Å²) in [6.45, 7) is 5.12. The van der Waals surface area contributed by atoms with Crippen molar-refractivity contribution in [2.45, 2.75) is 32.8 Å². The predicted molar refractivity (Wildman–Crippen MR) is 105 cm³/mol. The molecule has 1 aromatic heterocycles. The third-order valence-corrected chi connectivity index (χ3v) is 4.89. The van der Waals surface area contributed by atoms with Gasteiger partial charge in [-0.15, -0.1) is 0 Å². The first-order valence-electron chi connectivity index (χ1n) is 9.35. The van der Waals surface area contributed by atoms with E-state index in [4.69, 9.17) is 4.74 Å². The average Bonchev–Trinajstić information content (AvgIpc) is 2.66. The largest absolute Gasteiger partial charge is 0.472 e. The van der Waals surface area contributed by atoms with Gasteiger partial charge in [-0.05, 0) is 49.6 Å². The minimum Gasteiger partial charge on any atom is -0.472 e. The number of ether oxygens (including phenoxy) is 1. The standard InChI is InChI=1S/C22H23N3O2/c1-15-12-21(24-16(2)23-15)27-20-8-5-11-25(14-20)22(26)19-10-9-17-6-3-4-7-18(17)13-19/h3-4,6-7,9-10,12-13,20H,5,8,11,14H2,1-2H3. The van der Waals surface area contributed by atoms with Crippen molar-refractivity contribution in [1.82, 2.24) is 14.9 Å². The number of hydrogen-bond donors (Lipinski definition) is 0. The Hall–Kier alpha value is -2.95. The van der Waals surface area contributed by atoms with Gasteiger partial charge in [0.15, 0.2) is 0 Å². The Morgan fingerprint density at radius 3 is 2.70 bits per heavy atom. The van der Waals surface area contributed by atoms with Gasteiger partial charge >= 0.3 is 0 Å². The predicted octanol–water partition coefficient (Wildman–Crippen LogP) is 3.93. The molecule has 1 saturated heterocycles. The molecule has 3 aromatic rings. The molecule has 1 aliphatic heterocycles. The van der Waals surface area contributed by atoms with E-state index in [9.17, 15) is 4.79 Å². The number of likely N-dealkylation sites (tertiary alicyclic amines) is 1. The topological polar surface area (TPSA) is 55.3 Å². The van der Waals surface area contributed by atoms with E-state index in [2.05, 4.69) is 16.0 Å². The second-order valence-electron chi connectivity index (χ2n) is 7.09. The molecule has 2 heterocycles. The summed E-state index contributed by atoms with van der Waals surface area (Å²) >= 11 is 0. The SMILES string of the molecule is Cc1cc(OC2CCCN(C(=O)c3ccc4ccccc4c3)C2)nc(C)n1. The summed E-state index contributed by atoms with van der Waals surface area (Å²) in [5.74, 6) is 1.35. The van der Waals surface area contributed by atoms with Crippen LogP contribution < -0.4 is 4.74 Å². The summed E-state index contributed by atoms with van der Waals surface area (Å²) < 4.78 is 6.06. The lowest BCUT2D eigenvalue weighted by molar-refractivity contribution is 0.0527. The highest BCUT2D eigenvalue weighted by molar-refractivity contribution is 5.98. The van der Waals surface area contributed by atoms with Gasteiger partial charge in [0.2, 0.25) is 5.88 Å². The van der Waals surface area contributed by atoms with Gasteiger partial charge in [-0.2, -0.15) is 4.98 Å². The van der Waals surface area contributed by atoms with Gasteiger partial charge in [-0.1, -0.05) is 30.3 Å². The zero-order chi connectivity index (χ0) is 18.8. The van der Waals surface area contributed by atoms with Crippen LogP contribution in [0.3, 0.4) is 0 Å². The Morgan fingerprint density at radius 1 is 1.07 bits per heavy atom. The molecule has 27 heavy (non-hydrogen) atoms. The summed E-state index contributed by atoms with van der Waals surface area (Å²) in [4.78, 5) is 23.5. The molecule has 0 spiro atoms.